The number of imidazole rings is 1. The molecule has 114 valence electrons. The normalized spacial score (nSPS) is 12.5. The van der Waals surface area contributed by atoms with Gasteiger partial charge in [-0.15, -0.1) is 0 Å². The second-order valence-corrected chi connectivity index (χ2v) is 6.75. The number of aromatic nitrogens is 3. The van der Waals surface area contributed by atoms with Gasteiger partial charge in [0.25, 0.3) is 0 Å². The lowest BCUT2D eigenvalue weighted by Gasteiger charge is -2.17. The molecule has 0 radical (unpaired) electrons. The molecule has 1 N–H and O–H groups in total. The SMILES string of the molecule is Cc1ccnc2nc([S+]([O-])Cc3ccccc3N(C)C)[nH]c12. The Morgan fingerprint density at radius 1 is 1.23 bits per heavy atom. The number of hydrogen-bond acceptors (Lipinski definition) is 4. The van der Waals surface area contributed by atoms with E-state index in [1.807, 2.05) is 56.3 Å². The first-order valence-corrected chi connectivity index (χ1v) is 8.33. The fraction of sp³-hybridized carbons (Fsp3) is 0.250. The third-order valence-corrected chi connectivity index (χ3v) is 4.75. The molecule has 5 nitrogen and oxygen atoms in total. The van der Waals surface area contributed by atoms with Crippen molar-refractivity contribution in [3.63, 3.8) is 0 Å². The van der Waals surface area contributed by atoms with Gasteiger partial charge in [0.2, 0.25) is 0 Å². The zero-order chi connectivity index (χ0) is 15.7. The number of hydrogen-bond donors (Lipinski definition) is 1. The van der Waals surface area contributed by atoms with Crippen molar-refractivity contribution >= 4 is 28.0 Å². The van der Waals surface area contributed by atoms with E-state index in [-0.39, 0.29) is 0 Å². The summed E-state index contributed by atoms with van der Waals surface area (Å²) in [5.41, 5.74) is 4.63. The van der Waals surface area contributed by atoms with Gasteiger partial charge < -0.3 is 9.45 Å². The average Bonchev–Trinajstić information content (AvgIpc) is 2.93. The largest absolute Gasteiger partial charge is 0.609 e. The van der Waals surface area contributed by atoms with Gasteiger partial charge in [-0.1, -0.05) is 18.2 Å². The maximum absolute atomic E-state index is 12.6. The number of nitrogens with zero attached hydrogens (tertiary/aromatic N) is 3. The van der Waals surface area contributed by atoms with Crippen LogP contribution in [0.2, 0.25) is 0 Å². The molecule has 0 amide bonds. The van der Waals surface area contributed by atoms with Crippen molar-refractivity contribution in [2.75, 3.05) is 19.0 Å². The zero-order valence-electron chi connectivity index (χ0n) is 12.8. The van der Waals surface area contributed by atoms with Crippen molar-refractivity contribution in [1.82, 2.24) is 15.0 Å². The van der Waals surface area contributed by atoms with Gasteiger partial charge in [-0.25, -0.2) is 4.98 Å². The lowest BCUT2D eigenvalue weighted by molar-refractivity contribution is 0.587. The number of H-pyrrole nitrogens is 1. The highest BCUT2D eigenvalue weighted by Crippen LogP contribution is 2.24. The summed E-state index contributed by atoms with van der Waals surface area (Å²) in [6, 6.07) is 9.88. The molecule has 0 saturated heterocycles. The first-order valence-electron chi connectivity index (χ1n) is 7.01. The highest BCUT2D eigenvalue weighted by atomic mass is 32.2. The van der Waals surface area contributed by atoms with E-state index in [1.165, 1.54) is 0 Å². The minimum atomic E-state index is -1.24. The van der Waals surface area contributed by atoms with Crippen LogP contribution in [0.4, 0.5) is 5.69 Å². The molecular formula is C16H18N4OS. The molecule has 0 bridgehead atoms. The van der Waals surface area contributed by atoms with Crippen molar-refractivity contribution in [3.05, 3.63) is 47.7 Å². The number of fused-ring (bicyclic) bond motifs is 1. The van der Waals surface area contributed by atoms with Crippen LogP contribution >= 0.6 is 0 Å². The molecular weight excluding hydrogens is 296 g/mol. The van der Waals surface area contributed by atoms with Crippen LogP contribution in [-0.4, -0.2) is 33.6 Å². The van der Waals surface area contributed by atoms with Gasteiger partial charge in [-0.05, 0) is 24.6 Å². The molecule has 0 aliphatic rings. The number of nitrogens with one attached hydrogen (secondary N) is 1. The highest BCUT2D eigenvalue weighted by molar-refractivity contribution is 7.90. The maximum atomic E-state index is 12.6. The minimum Gasteiger partial charge on any atom is -0.609 e. The quantitative estimate of drug-likeness (QED) is 0.752. The molecule has 3 aromatic rings. The summed E-state index contributed by atoms with van der Waals surface area (Å²) in [4.78, 5) is 13.7. The number of pyridine rings is 1. The average molecular weight is 314 g/mol. The summed E-state index contributed by atoms with van der Waals surface area (Å²) < 4.78 is 12.6. The van der Waals surface area contributed by atoms with Crippen LogP contribution in [0.15, 0.2) is 41.7 Å². The predicted octanol–water partition coefficient (Wildman–Crippen LogP) is 2.64. The fourth-order valence-electron chi connectivity index (χ4n) is 2.40. The molecule has 1 unspecified atom stereocenters. The number of rotatable bonds is 4. The number of para-hydroxylation sites is 1. The predicted molar refractivity (Wildman–Crippen MR) is 89.5 cm³/mol. The van der Waals surface area contributed by atoms with E-state index in [0.717, 1.165) is 22.3 Å². The Kier molecular flexibility index (Phi) is 4.04. The Morgan fingerprint density at radius 3 is 2.73 bits per heavy atom. The summed E-state index contributed by atoms with van der Waals surface area (Å²) in [6.45, 7) is 1.98. The van der Waals surface area contributed by atoms with Crippen molar-refractivity contribution in [2.24, 2.45) is 0 Å². The maximum Gasteiger partial charge on any atom is 0.323 e. The summed E-state index contributed by atoms with van der Waals surface area (Å²) in [5.74, 6) is 0.424. The summed E-state index contributed by atoms with van der Waals surface area (Å²) in [5, 5.41) is 0.477. The van der Waals surface area contributed by atoms with Crippen LogP contribution in [0.1, 0.15) is 11.1 Å². The Bertz CT molecular complexity index is 800. The van der Waals surface area contributed by atoms with Gasteiger partial charge in [-0.3, -0.25) is 4.98 Å². The van der Waals surface area contributed by atoms with E-state index in [0.29, 0.717) is 16.6 Å². The Morgan fingerprint density at radius 2 is 2.00 bits per heavy atom. The van der Waals surface area contributed by atoms with E-state index in [2.05, 4.69) is 15.0 Å². The van der Waals surface area contributed by atoms with Gasteiger partial charge in [0, 0.05) is 42.7 Å². The molecule has 3 rings (SSSR count). The van der Waals surface area contributed by atoms with Crippen LogP contribution in [-0.2, 0) is 16.9 Å². The number of benzene rings is 1. The third-order valence-electron chi connectivity index (χ3n) is 3.55. The molecule has 6 heteroatoms. The van der Waals surface area contributed by atoms with Gasteiger partial charge in [0.15, 0.2) is 5.65 Å². The van der Waals surface area contributed by atoms with E-state index >= 15 is 0 Å². The molecule has 0 aliphatic carbocycles. The smallest absolute Gasteiger partial charge is 0.323 e. The third kappa shape index (κ3) is 2.80. The number of aromatic amines is 1. The second-order valence-electron chi connectivity index (χ2n) is 5.38. The van der Waals surface area contributed by atoms with Crippen LogP contribution in [0, 0.1) is 6.92 Å². The first-order chi connectivity index (χ1) is 10.6. The lowest BCUT2D eigenvalue weighted by Crippen LogP contribution is -2.14. The molecule has 22 heavy (non-hydrogen) atoms. The lowest BCUT2D eigenvalue weighted by atomic mass is 10.2. The Balaban J connectivity index is 1.90. The molecule has 0 fully saturated rings. The molecule has 0 spiro atoms. The minimum absolute atomic E-state index is 0.424. The van der Waals surface area contributed by atoms with Crippen molar-refractivity contribution < 1.29 is 4.55 Å². The molecule has 2 heterocycles. The topological polar surface area (TPSA) is 67.9 Å². The number of anilines is 1. The molecule has 2 aromatic heterocycles. The Hall–Kier alpha value is -2.05. The Labute approximate surface area is 132 Å². The van der Waals surface area contributed by atoms with E-state index < -0.39 is 11.2 Å². The van der Waals surface area contributed by atoms with Crippen LogP contribution in [0.25, 0.3) is 11.2 Å². The molecule has 0 aliphatic heterocycles. The second kappa shape index (κ2) is 5.98. The summed E-state index contributed by atoms with van der Waals surface area (Å²) in [7, 11) is 3.96. The van der Waals surface area contributed by atoms with Crippen LogP contribution < -0.4 is 4.90 Å². The van der Waals surface area contributed by atoms with Gasteiger partial charge in [-0.2, -0.15) is 4.98 Å². The van der Waals surface area contributed by atoms with Crippen molar-refractivity contribution in [2.45, 2.75) is 17.8 Å². The summed E-state index contributed by atoms with van der Waals surface area (Å²) in [6.07, 6.45) is 1.71. The summed E-state index contributed by atoms with van der Waals surface area (Å²) >= 11 is -1.24. The standard InChI is InChI=1S/C16H18N4OS/c1-11-8-9-17-15-14(11)18-16(19-15)22(21)10-12-6-4-5-7-13(12)20(2)3/h4-9H,10H2,1-3H3,(H,17,18,19). The number of aryl methyl sites for hydroxylation is 1. The highest BCUT2D eigenvalue weighted by Gasteiger charge is 2.20. The zero-order valence-corrected chi connectivity index (χ0v) is 13.6. The van der Waals surface area contributed by atoms with E-state index in [9.17, 15) is 4.55 Å². The van der Waals surface area contributed by atoms with E-state index in [1.54, 1.807) is 6.20 Å². The first kappa shape index (κ1) is 14.9. The van der Waals surface area contributed by atoms with Gasteiger partial charge >= 0.3 is 5.16 Å². The van der Waals surface area contributed by atoms with Crippen molar-refractivity contribution in [3.8, 4) is 0 Å². The fourth-order valence-corrected chi connectivity index (χ4v) is 3.47. The molecule has 0 saturated carbocycles. The van der Waals surface area contributed by atoms with Crippen molar-refractivity contribution in [1.29, 1.82) is 0 Å². The van der Waals surface area contributed by atoms with Gasteiger partial charge in [0.1, 0.15) is 5.75 Å². The van der Waals surface area contributed by atoms with E-state index in [4.69, 9.17) is 0 Å². The molecule has 1 atom stereocenters. The monoisotopic (exact) mass is 314 g/mol. The molecule has 1 aromatic carbocycles. The van der Waals surface area contributed by atoms with Gasteiger partial charge in [0.05, 0.1) is 5.52 Å². The van der Waals surface area contributed by atoms with Crippen LogP contribution in [0.5, 0.6) is 0 Å². The van der Waals surface area contributed by atoms with Crippen LogP contribution in [0.3, 0.4) is 0 Å².